The highest BCUT2D eigenvalue weighted by molar-refractivity contribution is 5.64. The lowest BCUT2D eigenvalue weighted by molar-refractivity contribution is 0.0140. The van der Waals surface area contributed by atoms with E-state index in [1.54, 1.807) is 0 Å². The molecule has 0 atom stereocenters. The van der Waals surface area contributed by atoms with Crippen molar-refractivity contribution in [3.63, 3.8) is 0 Å². The van der Waals surface area contributed by atoms with Crippen LogP contribution >= 0.6 is 0 Å². The van der Waals surface area contributed by atoms with Gasteiger partial charge < -0.3 is 20.5 Å². The molecule has 1 fully saturated rings. The number of nitrogens with zero attached hydrogens (tertiary/aromatic N) is 1. The first kappa shape index (κ1) is 10.3. The van der Waals surface area contributed by atoms with Crippen molar-refractivity contribution < 1.29 is 14.6 Å². The van der Waals surface area contributed by atoms with Crippen molar-refractivity contribution in [1.29, 1.82) is 0 Å². The summed E-state index contributed by atoms with van der Waals surface area (Å²) in [6, 6.07) is 0. The average Bonchev–Trinajstić information content (AvgIpc) is 2.15. The fourth-order valence-electron chi connectivity index (χ4n) is 1.45. The van der Waals surface area contributed by atoms with Crippen LogP contribution in [0.2, 0.25) is 0 Å². The first-order valence-corrected chi connectivity index (χ1v) is 4.53. The molecule has 1 aliphatic heterocycles. The standard InChI is InChI=1S/C8H16N2O3/c9-3-6-13-7-1-4-10(5-2-7)8(11)12/h7H,1-6,9H2,(H,11,12). The van der Waals surface area contributed by atoms with Crippen LogP contribution in [0.25, 0.3) is 0 Å². The van der Waals surface area contributed by atoms with E-state index >= 15 is 0 Å². The molecular weight excluding hydrogens is 172 g/mol. The van der Waals surface area contributed by atoms with Crippen LogP contribution in [0.15, 0.2) is 0 Å². The number of hydrogen-bond donors (Lipinski definition) is 2. The van der Waals surface area contributed by atoms with Crippen LogP contribution in [0.1, 0.15) is 12.8 Å². The van der Waals surface area contributed by atoms with Crippen LogP contribution in [0.3, 0.4) is 0 Å². The van der Waals surface area contributed by atoms with Crippen LogP contribution in [0.4, 0.5) is 4.79 Å². The van der Waals surface area contributed by atoms with Crippen molar-refractivity contribution in [3.05, 3.63) is 0 Å². The molecule has 1 saturated heterocycles. The zero-order valence-electron chi connectivity index (χ0n) is 7.61. The summed E-state index contributed by atoms with van der Waals surface area (Å²) in [7, 11) is 0. The van der Waals surface area contributed by atoms with Gasteiger partial charge in [0.15, 0.2) is 0 Å². The van der Waals surface area contributed by atoms with E-state index in [0.717, 1.165) is 12.8 Å². The van der Waals surface area contributed by atoms with E-state index in [9.17, 15) is 4.79 Å². The quantitative estimate of drug-likeness (QED) is 0.658. The minimum absolute atomic E-state index is 0.194. The van der Waals surface area contributed by atoms with Gasteiger partial charge in [-0.05, 0) is 12.8 Å². The third-order valence-corrected chi connectivity index (χ3v) is 2.18. The van der Waals surface area contributed by atoms with Crippen LogP contribution < -0.4 is 5.73 Å². The van der Waals surface area contributed by atoms with E-state index in [1.165, 1.54) is 4.90 Å². The smallest absolute Gasteiger partial charge is 0.407 e. The van der Waals surface area contributed by atoms with Crippen molar-refractivity contribution in [2.24, 2.45) is 5.73 Å². The Hall–Kier alpha value is -0.810. The number of rotatable bonds is 3. The number of carboxylic acid groups (broad SMARTS) is 1. The zero-order chi connectivity index (χ0) is 9.68. The third kappa shape index (κ3) is 3.20. The molecule has 1 amide bonds. The lowest BCUT2D eigenvalue weighted by Gasteiger charge is -2.29. The van der Waals surface area contributed by atoms with E-state index < -0.39 is 6.09 Å². The molecular formula is C8H16N2O3. The second-order valence-electron chi connectivity index (χ2n) is 3.13. The van der Waals surface area contributed by atoms with Crippen molar-refractivity contribution in [1.82, 2.24) is 4.90 Å². The lowest BCUT2D eigenvalue weighted by atomic mass is 10.1. The molecule has 13 heavy (non-hydrogen) atoms. The number of hydrogen-bond acceptors (Lipinski definition) is 3. The summed E-state index contributed by atoms with van der Waals surface area (Å²) in [6.45, 7) is 2.24. The van der Waals surface area contributed by atoms with Gasteiger partial charge in [-0.2, -0.15) is 0 Å². The topological polar surface area (TPSA) is 75.8 Å². The number of nitrogens with two attached hydrogens (primary N) is 1. The van der Waals surface area contributed by atoms with E-state index in [0.29, 0.717) is 26.2 Å². The van der Waals surface area contributed by atoms with Gasteiger partial charge in [-0.15, -0.1) is 0 Å². The fraction of sp³-hybridized carbons (Fsp3) is 0.875. The Labute approximate surface area is 77.5 Å². The Morgan fingerprint density at radius 3 is 2.62 bits per heavy atom. The Morgan fingerprint density at radius 2 is 2.15 bits per heavy atom. The van der Waals surface area contributed by atoms with Crippen LogP contribution in [0.5, 0.6) is 0 Å². The van der Waals surface area contributed by atoms with E-state index in [4.69, 9.17) is 15.6 Å². The van der Waals surface area contributed by atoms with Crippen molar-refractivity contribution in [3.8, 4) is 0 Å². The summed E-state index contributed by atoms with van der Waals surface area (Å²) in [5.74, 6) is 0. The number of carbonyl (C=O) groups is 1. The van der Waals surface area contributed by atoms with Gasteiger partial charge in [-0.3, -0.25) is 0 Å². The maximum Gasteiger partial charge on any atom is 0.407 e. The van der Waals surface area contributed by atoms with Gasteiger partial charge in [0.25, 0.3) is 0 Å². The van der Waals surface area contributed by atoms with Gasteiger partial charge in [0, 0.05) is 19.6 Å². The van der Waals surface area contributed by atoms with Gasteiger partial charge in [0.2, 0.25) is 0 Å². The number of ether oxygens (including phenoxy) is 1. The van der Waals surface area contributed by atoms with E-state index in [1.807, 2.05) is 0 Å². The van der Waals surface area contributed by atoms with E-state index in [2.05, 4.69) is 0 Å². The van der Waals surface area contributed by atoms with Gasteiger partial charge in [-0.1, -0.05) is 0 Å². The second kappa shape index (κ2) is 5.04. The van der Waals surface area contributed by atoms with Crippen molar-refractivity contribution in [2.45, 2.75) is 18.9 Å². The van der Waals surface area contributed by atoms with Crippen LogP contribution in [0, 0.1) is 0 Å². The Kier molecular flexibility index (Phi) is 3.98. The monoisotopic (exact) mass is 188 g/mol. The third-order valence-electron chi connectivity index (χ3n) is 2.18. The van der Waals surface area contributed by atoms with Crippen LogP contribution in [-0.4, -0.2) is 48.4 Å². The van der Waals surface area contributed by atoms with Gasteiger partial charge in [-0.25, -0.2) is 4.79 Å². The predicted molar refractivity (Wildman–Crippen MR) is 47.6 cm³/mol. The number of piperidine rings is 1. The summed E-state index contributed by atoms with van der Waals surface area (Å²) < 4.78 is 5.42. The molecule has 1 aliphatic rings. The molecule has 3 N–H and O–H groups in total. The van der Waals surface area contributed by atoms with Crippen LogP contribution in [-0.2, 0) is 4.74 Å². The molecule has 0 bridgehead atoms. The SMILES string of the molecule is NCCOC1CCN(C(=O)O)CC1. The molecule has 76 valence electrons. The zero-order valence-corrected chi connectivity index (χ0v) is 7.61. The first-order chi connectivity index (χ1) is 6.24. The molecule has 5 heteroatoms. The van der Waals surface area contributed by atoms with Gasteiger partial charge >= 0.3 is 6.09 Å². The molecule has 0 unspecified atom stereocenters. The Balaban J connectivity index is 2.18. The van der Waals surface area contributed by atoms with Gasteiger partial charge in [0.05, 0.1) is 12.7 Å². The Morgan fingerprint density at radius 1 is 1.54 bits per heavy atom. The Bertz CT molecular complexity index is 167. The minimum Gasteiger partial charge on any atom is -0.465 e. The van der Waals surface area contributed by atoms with E-state index in [-0.39, 0.29) is 6.10 Å². The summed E-state index contributed by atoms with van der Waals surface area (Å²) in [6.07, 6.45) is 0.926. The fourth-order valence-corrected chi connectivity index (χ4v) is 1.45. The summed E-state index contributed by atoms with van der Waals surface area (Å²) in [5.41, 5.74) is 5.29. The molecule has 0 aromatic heterocycles. The van der Waals surface area contributed by atoms with Crippen molar-refractivity contribution in [2.75, 3.05) is 26.2 Å². The molecule has 0 aliphatic carbocycles. The van der Waals surface area contributed by atoms with Gasteiger partial charge in [0.1, 0.15) is 0 Å². The summed E-state index contributed by atoms with van der Waals surface area (Å²) in [5, 5.41) is 8.67. The lowest BCUT2D eigenvalue weighted by Crippen LogP contribution is -2.40. The highest BCUT2D eigenvalue weighted by atomic mass is 16.5. The molecule has 5 nitrogen and oxygen atoms in total. The molecule has 1 heterocycles. The largest absolute Gasteiger partial charge is 0.465 e. The highest BCUT2D eigenvalue weighted by Crippen LogP contribution is 2.13. The molecule has 1 rings (SSSR count). The maximum absolute atomic E-state index is 10.5. The summed E-state index contributed by atoms with van der Waals surface area (Å²) in [4.78, 5) is 12.0. The molecule has 0 spiro atoms. The predicted octanol–water partition coefficient (Wildman–Crippen LogP) is 0.104. The normalized spacial score (nSPS) is 19.0. The average molecular weight is 188 g/mol. The second-order valence-corrected chi connectivity index (χ2v) is 3.13. The number of likely N-dealkylation sites (tertiary alicyclic amines) is 1. The molecule has 0 aromatic rings. The molecule has 0 aromatic carbocycles. The number of amides is 1. The molecule has 0 saturated carbocycles. The minimum atomic E-state index is -0.836. The highest BCUT2D eigenvalue weighted by Gasteiger charge is 2.22. The first-order valence-electron chi connectivity index (χ1n) is 4.53. The summed E-state index contributed by atoms with van der Waals surface area (Å²) >= 11 is 0. The van der Waals surface area contributed by atoms with Crippen molar-refractivity contribution >= 4 is 6.09 Å². The molecule has 0 radical (unpaired) electrons. The maximum atomic E-state index is 10.5.